The summed E-state index contributed by atoms with van der Waals surface area (Å²) in [5.41, 5.74) is 3.45. The van der Waals surface area contributed by atoms with Gasteiger partial charge in [-0.05, 0) is 78.6 Å². The molecule has 1 aromatic heterocycles. The number of carbonyl (C=O) groups excluding carboxylic acids is 4. The highest BCUT2D eigenvalue weighted by Gasteiger charge is 2.32. The second kappa shape index (κ2) is 15.3. The summed E-state index contributed by atoms with van der Waals surface area (Å²) >= 11 is 6.11. The predicted octanol–water partition coefficient (Wildman–Crippen LogP) is 5.69. The largest absolute Gasteiger partial charge is 0.451 e. The van der Waals surface area contributed by atoms with E-state index in [9.17, 15) is 24.0 Å². The number of rotatable bonds is 9. The first-order valence-electron chi connectivity index (χ1n) is 17.1. The molecule has 0 aliphatic carbocycles. The first-order chi connectivity index (χ1) is 24.1. The molecule has 50 heavy (non-hydrogen) atoms. The molecule has 260 valence electrons. The number of hydrogen-bond acceptors (Lipinski definition) is 6. The van der Waals surface area contributed by atoms with E-state index in [2.05, 4.69) is 17.4 Å². The SMILES string of the molecule is CC(=O)N(C)c1ccc2oc(C(=O)N[C@@H](Cc3ccc(Cl)cc3)C(=O)N3CCC(c4ccccc4CN4CCCCC4=O)CC3)cc(=O)c2c1. The van der Waals surface area contributed by atoms with Gasteiger partial charge in [-0.25, -0.2) is 0 Å². The maximum Gasteiger partial charge on any atom is 0.287 e. The third kappa shape index (κ3) is 7.91. The van der Waals surface area contributed by atoms with E-state index in [-0.39, 0.29) is 46.8 Å². The number of hydrogen-bond donors (Lipinski definition) is 1. The number of fused-ring (bicyclic) bond motifs is 1. The Bertz CT molecular complexity index is 1970. The van der Waals surface area contributed by atoms with Gasteiger partial charge < -0.3 is 24.4 Å². The molecule has 4 aromatic rings. The van der Waals surface area contributed by atoms with Gasteiger partial charge in [0.25, 0.3) is 5.91 Å². The third-order valence-corrected chi connectivity index (χ3v) is 10.1. The van der Waals surface area contributed by atoms with E-state index in [0.717, 1.165) is 49.4 Å². The van der Waals surface area contributed by atoms with Crippen LogP contribution in [0.3, 0.4) is 0 Å². The minimum absolute atomic E-state index is 0.191. The minimum Gasteiger partial charge on any atom is -0.451 e. The van der Waals surface area contributed by atoms with Crippen LogP contribution in [0.25, 0.3) is 11.0 Å². The highest BCUT2D eigenvalue weighted by molar-refractivity contribution is 6.30. The molecule has 1 N–H and O–H groups in total. The molecule has 1 atom stereocenters. The second-order valence-corrected chi connectivity index (χ2v) is 13.6. The molecular formula is C39H41ClN4O6. The molecule has 0 bridgehead atoms. The van der Waals surface area contributed by atoms with Gasteiger partial charge in [0.1, 0.15) is 11.6 Å². The normalized spacial score (nSPS) is 15.9. The maximum atomic E-state index is 14.1. The average molecular weight is 697 g/mol. The molecule has 0 radical (unpaired) electrons. The van der Waals surface area contributed by atoms with Gasteiger partial charge in [-0.2, -0.15) is 0 Å². The van der Waals surface area contributed by atoms with E-state index >= 15 is 0 Å². The van der Waals surface area contributed by atoms with Crippen LogP contribution < -0.4 is 15.6 Å². The van der Waals surface area contributed by atoms with Crippen molar-refractivity contribution < 1.29 is 23.6 Å². The van der Waals surface area contributed by atoms with Crippen LogP contribution in [0, 0.1) is 0 Å². The Morgan fingerprint density at radius 2 is 1.70 bits per heavy atom. The van der Waals surface area contributed by atoms with Gasteiger partial charge in [0.2, 0.25) is 17.7 Å². The van der Waals surface area contributed by atoms with Crippen LogP contribution in [0.1, 0.15) is 72.2 Å². The summed E-state index contributed by atoms with van der Waals surface area (Å²) in [6.45, 7) is 3.82. The van der Waals surface area contributed by atoms with Crippen LogP contribution in [0.2, 0.25) is 5.02 Å². The van der Waals surface area contributed by atoms with Gasteiger partial charge in [-0.15, -0.1) is 0 Å². The number of benzene rings is 3. The summed E-state index contributed by atoms with van der Waals surface area (Å²) in [7, 11) is 1.60. The van der Waals surface area contributed by atoms with Crippen LogP contribution in [0.5, 0.6) is 0 Å². The molecule has 2 aliphatic rings. The fourth-order valence-electron chi connectivity index (χ4n) is 6.87. The zero-order valence-corrected chi connectivity index (χ0v) is 29.1. The number of nitrogens with one attached hydrogen (secondary N) is 1. The van der Waals surface area contributed by atoms with Crippen LogP contribution in [-0.4, -0.2) is 66.2 Å². The molecule has 2 aliphatic heterocycles. The highest BCUT2D eigenvalue weighted by atomic mass is 35.5. The molecule has 6 rings (SSSR count). The monoisotopic (exact) mass is 696 g/mol. The molecule has 2 fully saturated rings. The first-order valence-corrected chi connectivity index (χ1v) is 17.5. The lowest BCUT2D eigenvalue weighted by Crippen LogP contribution is -2.51. The Morgan fingerprint density at radius 1 is 0.960 bits per heavy atom. The van der Waals surface area contributed by atoms with Gasteiger partial charge in [0, 0.05) is 69.8 Å². The fraction of sp³-hybridized carbons (Fsp3) is 0.359. The van der Waals surface area contributed by atoms with Crippen molar-refractivity contribution in [3.63, 3.8) is 0 Å². The summed E-state index contributed by atoms with van der Waals surface area (Å²) in [5.74, 6) is -0.874. The third-order valence-electron chi connectivity index (χ3n) is 9.83. The number of nitrogens with zero attached hydrogens (tertiary/aromatic N) is 3. The van der Waals surface area contributed by atoms with Crippen LogP contribution in [0.4, 0.5) is 5.69 Å². The van der Waals surface area contributed by atoms with Gasteiger partial charge in [-0.1, -0.05) is 48.0 Å². The van der Waals surface area contributed by atoms with Crippen molar-refractivity contribution in [1.29, 1.82) is 0 Å². The van der Waals surface area contributed by atoms with Crippen molar-refractivity contribution in [3.05, 3.63) is 110 Å². The van der Waals surface area contributed by atoms with E-state index in [1.54, 1.807) is 42.3 Å². The maximum absolute atomic E-state index is 14.1. The zero-order valence-electron chi connectivity index (χ0n) is 28.3. The summed E-state index contributed by atoms with van der Waals surface area (Å²) in [5, 5.41) is 3.63. The lowest BCUT2D eigenvalue weighted by molar-refractivity contribution is -0.135. The average Bonchev–Trinajstić information content (AvgIpc) is 3.12. The number of likely N-dealkylation sites (tertiary alicyclic amines) is 2. The molecular weight excluding hydrogens is 656 g/mol. The Kier molecular flexibility index (Phi) is 10.7. The van der Waals surface area contributed by atoms with Gasteiger partial charge >= 0.3 is 0 Å². The molecule has 0 saturated carbocycles. The molecule has 10 nitrogen and oxygen atoms in total. The van der Waals surface area contributed by atoms with Crippen molar-refractivity contribution in [2.75, 3.05) is 31.6 Å². The molecule has 4 amide bonds. The molecule has 3 heterocycles. The summed E-state index contributed by atoms with van der Waals surface area (Å²) in [6, 6.07) is 20.3. The van der Waals surface area contributed by atoms with Crippen molar-refractivity contribution in [2.24, 2.45) is 0 Å². The van der Waals surface area contributed by atoms with Crippen molar-refractivity contribution in [3.8, 4) is 0 Å². The summed E-state index contributed by atoms with van der Waals surface area (Å²) < 4.78 is 5.84. The lowest BCUT2D eigenvalue weighted by Gasteiger charge is -2.36. The smallest absolute Gasteiger partial charge is 0.287 e. The van der Waals surface area contributed by atoms with Crippen LogP contribution in [0.15, 0.2) is 82.0 Å². The van der Waals surface area contributed by atoms with Crippen molar-refractivity contribution in [2.45, 2.75) is 64.0 Å². The van der Waals surface area contributed by atoms with Gasteiger partial charge in [0.15, 0.2) is 11.2 Å². The number of anilines is 1. The minimum atomic E-state index is -0.926. The zero-order chi connectivity index (χ0) is 35.4. The molecule has 0 spiro atoms. The number of carbonyl (C=O) groups is 4. The molecule has 3 aromatic carbocycles. The Morgan fingerprint density at radius 3 is 2.42 bits per heavy atom. The number of halogens is 1. The lowest BCUT2D eigenvalue weighted by atomic mass is 9.86. The van der Waals surface area contributed by atoms with Crippen molar-refractivity contribution >= 4 is 51.9 Å². The Hall–Kier alpha value is -4.96. The second-order valence-electron chi connectivity index (χ2n) is 13.2. The Balaban J connectivity index is 1.18. The van der Waals surface area contributed by atoms with E-state index in [4.69, 9.17) is 16.0 Å². The van der Waals surface area contributed by atoms with E-state index < -0.39 is 17.4 Å². The topological polar surface area (TPSA) is 120 Å². The van der Waals surface area contributed by atoms with Gasteiger partial charge in [-0.3, -0.25) is 24.0 Å². The predicted molar refractivity (Wildman–Crippen MR) is 192 cm³/mol. The standard InChI is InChI=1S/C39H41ClN4O6/c1-25(45)42(2)30-14-15-35-32(22-30)34(46)23-36(50-35)38(48)41-33(21-26-10-12-29(40)13-11-26)39(49)43-19-16-27(17-20-43)31-8-4-3-7-28(31)24-44-18-6-5-9-37(44)47/h3-4,7-8,10-15,22-23,27,33H,5-6,9,16-21,24H2,1-2H3,(H,41,48)/t33-/m0/s1. The highest BCUT2D eigenvalue weighted by Crippen LogP contribution is 2.32. The number of amides is 4. The molecule has 11 heteroatoms. The summed E-state index contributed by atoms with van der Waals surface area (Å²) in [4.78, 5) is 70.3. The van der Waals surface area contributed by atoms with E-state index in [1.807, 2.05) is 29.2 Å². The Labute approximate surface area is 296 Å². The fourth-order valence-corrected chi connectivity index (χ4v) is 7.00. The van der Waals surface area contributed by atoms with Gasteiger partial charge in [0.05, 0.1) is 5.39 Å². The molecule has 0 unspecified atom stereocenters. The number of piperidine rings is 2. The first kappa shape index (κ1) is 34.9. The van der Waals surface area contributed by atoms with E-state index in [1.165, 1.54) is 17.4 Å². The van der Waals surface area contributed by atoms with Crippen molar-refractivity contribution in [1.82, 2.24) is 15.1 Å². The molecule has 2 saturated heterocycles. The summed E-state index contributed by atoms with van der Waals surface area (Å²) in [6.07, 6.45) is 4.28. The van der Waals surface area contributed by atoms with Crippen LogP contribution in [-0.2, 0) is 27.3 Å². The van der Waals surface area contributed by atoms with Crippen LogP contribution >= 0.6 is 11.6 Å². The van der Waals surface area contributed by atoms with E-state index in [0.29, 0.717) is 36.8 Å². The quantitative estimate of drug-likeness (QED) is 0.240.